The molecule has 3 N–H and O–H groups in total. The number of rotatable bonds is 6. The van der Waals surface area contributed by atoms with Crippen molar-refractivity contribution in [1.29, 1.82) is 0 Å². The predicted molar refractivity (Wildman–Crippen MR) is 71.3 cm³/mol. The highest BCUT2D eigenvalue weighted by Gasteiger charge is 2.20. The molecule has 1 unspecified atom stereocenters. The Bertz CT molecular complexity index is 395. The Morgan fingerprint density at radius 3 is 2.45 bits per heavy atom. The molecule has 112 valence electrons. The smallest absolute Gasteiger partial charge is 0.387 e. The molecular formula is C14H20F2N2O2. The Balaban J connectivity index is 1.95. The molecule has 1 aromatic rings. The fourth-order valence-electron chi connectivity index (χ4n) is 2.50. The van der Waals surface area contributed by atoms with Gasteiger partial charge in [0.25, 0.3) is 0 Å². The van der Waals surface area contributed by atoms with Gasteiger partial charge in [-0.2, -0.15) is 8.78 Å². The quantitative estimate of drug-likeness (QED) is 0.623. The maximum Gasteiger partial charge on any atom is 0.387 e. The number of hydrogen-bond donors (Lipinski definition) is 2. The van der Waals surface area contributed by atoms with Gasteiger partial charge in [-0.15, -0.1) is 0 Å². The maximum absolute atomic E-state index is 12.1. The molecule has 0 amide bonds. The Labute approximate surface area is 117 Å². The Kier molecular flexibility index (Phi) is 5.70. The second kappa shape index (κ2) is 7.52. The first-order chi connectivity index (χ1) is 9.69. The monoisotopic (exact) mass is 286 g/mol. The SMILES string of the molecule is NNC(CC1CCOCC1)c1ccc(OC(F)F)cc1. The summed E-state index contributed by atoms with van der Waals surface area (Å²) >= 11 is 0. The first-order valence-corrected chi connectivity index (χ1v) is 6.77. The highest BCUT2D eigenvalue weighted by atomic mass is 19.3. The molecule has 0 bridgehead atoms. The van der Waals surface area contributed by atoms with Crippen LogP contribution < -0.4 is 16.0 Å². The van der Waals surface area contributed by atoms with E-state index in [-0.39, 0.29) is 11.8 Å². The number of nitrogens with one attached hydrogen (secondary N) is 1. The summed E-state index contributed by atoms with van der Waals surface area (Å²) in [5.41, 5.74) is 3.77. The van der Waals surface area contributed by atoms with Gasteiger partial charge in [-0.3, -0.25) is 11.3 Å². The van der Waals surface area contributed by atoms with Gasteiger partial charge in [-0.1, -0.05) is 12.1 Å². The van der Waals surface area contributed by atoms with Gasteiger partial charge in [0.1, 0.15) is 5.75 Å². The highest BCUT2D eigenvalue weighted by Crippen LogP contribution is 2.28. The van der Waals surface area contributed by atoms with Gasteiger partial charge in [0, 0.05) is 19.3 Å². The zero-order chi connectivity index (χ0) is 14.4. The van der Waals surface area contributed by atoms with Gasteiger partial charge in [0.05, 0.1) is 0 Å². The molecule has 1 aromatic carbocycles. The molecule has 0 spiro atoms. The summed E-state index contributed by atoms with van der Waals surface area (Å²) in [7, 11) is 0. The molecule has 0 saturated carbocycles. The van der Waals surface area contributed by atoms with Crippen molar-refractivity contribution >= 4 is 0 Å². The summed E-state index contributed by atoms with van der Waals surface area (Å²) in [6, 6.07) is 6.62. The van der Waals surface area contributed by atoms with E-state index in [2.05, 4.69) is 10.2 Å². The first kappa shape index (κ1) is 15.2. The topological polar surface area (TPSA) is 56.5 Å². The van der Waals surface area contributed by atoms with E-state index in [0.717, 1.165) is 38.0 Å². The third-order valence-electron chi connectivity index (χ3n) is 3.62. The van der Waals surface area contributed by atoms with Gasteiger partial charge >= 0.3 is 6.61 Å². The minimum Gasteiger partial charge on any atom is -0.435 e. The molecule has 1 heterocycles. The van der Waals surface area contributed by atoms with Crippen molar-refractivity contribution in [2.24, 2.45) is 11.8 Å². The highest BCUT2D eigenvalue weighted by molar-refractivity contribution is 5.29. The summed E-state index contributed by atoms with van der Waals surface area (Å²) in [5.74, 6) is 6.34. The van der Waals surface area contributed by atoms with Gasteiger partial charge in [-0.25, -0.2) is 0 Å². The third kappa shape index (κ3) is 4.40. The van der Waals surface area contributed by atoms with E-state index < -0.39 is 6.61 Å². The fraction of sp³-hybridized carbons (Fsp3) is 0.571. The lowest BCUT2D eigenvalue weighted by Gasteiger charge is -2.26. The molecule has 0 aromatic heterocycles. The molecular weight excluding hydrogens is 266 g/mol. The van der Waals surface area contributed by atoms with Crippen LogP contribution in [0.15, 0.2) is 24.3 Å². The van der Waals surface area contributed by atoms with E-state index in [4.69, 9.17) is 10.6 Å². The molecule has 20 heavy (non-hydrogen) atoms. The summed E-state index contributed by atoms with van der Waals surface area (Å²) in [6.07, 6.45) is 2.98. The van der Waals surface area contributed by atoms with Gasteiger partial charge in [0.2, 0.25) is 0 Å². The van der Waals surface area contributed by atoms with Crippen molar-refractivity contribution in [3.8, 4) is 5.75 Å². The normalized spacial score (nSPS) is 18.2. The van der Waals surface area contributed by atoms with E-state index in [0.29, 0.717) is 5.92 Å². The average Bonchev–Trinajstić information content (AvgIpc) is 2.46. The molecule has 4 nitrogen and oxygen atoms in total. The molecule has 2 rings (SSSR count). The van der Waals surface area contributed by atoms with Crippen LogP contribution in [0.3, 0.4) is 0 Å². The number of ether oxygens (including phenoxy) is 2. The van der Waals surface area contributed by atoms with Crippen LogP contribution in [0, 0.1) is 5.92 Å². The number of hydrogen-bond acceptors (Lipinski definition) is 4. The average molecular weight is 286 g/mol. The van der Waals surface area contributed by atoms with Crippen LogP contribution in [0.5, 0.6) is 5.75 Å². The molecule has 0 aliphatic carbocycles. The van der Waals surface area contributed by atoms with Crippen LogP contribution in [0.1, 0.15) is 30.9 Å². The molecule has 1 fully saturated rings. The van der Waals surface area contributed by atoms with Crippen LogP contribution in [-0.4, -0.2) is 19.8 Å². The van der Waals surface area contributed by atoms with Crippen LogP contribution in [-0.2, 0) is 4.74 Å². The number of benzene rings is 1. The van der Waals surface area contributed by atoms with E-state index in [1.165, 1.54) is 12.1 Å². The number of alkyl halides is 2. The van der Waals surface area contributed by atoms with E-state index >= 15 is 0 Å². The van der Waals surface area contributed by atoms with Gasteiger partial charge < -0.3 is 9.47 Å². The molecule has 0 radical (unpaired) electrons. The van der Waals surface area contributed by atoms with Crippen molar-refractivity contribution in [3.63, 3.8) is 0 Å². The second-order valence-electron chi connectivity index (χ2n) is 4.96. The van der Waals surface area contributed by atoms with Crippen molar-refractivity contribution in [2.75, 3.05) is 13.2 Å². The largest absolute Gasteiger partial charge is 0.435 e. The number of hydrazine groups is 1. The third-order valence-corrected chi connectivity index (χ3v) is 3.62. The minimum atomic E-state index is -2.80. The molecule has 6 heteroatoms. The Morgan fingerprint density at radius 1 is 1.25 bits per heavy atom. The van der Waals surface area contributed by atoms with Crippen LogP contribution in [0.4, 0.5) is 8.78 Å². The summed E-state index contributed by atoms with van der Waals surface area (Å²) < 4.78 is 33.8. The maximum atomic E-state index is 12.1. The summed E-state index contributed by atoms with van der Waals surface area (Å²) in [5, 5.41) is 0. The van der Waals surface area contributed by atoms with Gasteiger partial charge in [-0.05, 0) is 42.9 Å². The molecule has 1 aliphatic rings. The Hall–Kier alpha value is -1.24. The van der Waals surface area contributed by atoms with Crippen LogP contribution in [0.2, 0.25) is 0 Å². The summed E-state index contributed by atoms with van der Waals surface area (Å²) in [6.45, 7) is -1.21. The number of halogens is 2. The van der Waals surface area contributed by atoms with Crippen molar-refractivity contribution in [1.82, 2.24) is 5.43 Å². The Morgan fingerprint density at radius 2 is 1.90 bits per heavy atom. The zero-order valence-electron chi connectivity index (χ0n) is 11.2. The first-order valence-electron chi connectivity index (χ1n) is 6.77. The molecule has 1 aliphatic heterocycles. The lowest BCUT2D eigenvalue weighted by atomic mass is 9.90. The lowest BCUT2D eigenvalue weighted by Crippen LogP contribution is -2.31. The van der Waals surface area contributed by atoms with Crippen LogP contribution >= 0.6 is 0 Å². The predicted octanol–water partition coefficient (Wildman–Crippen LogP) is 2.61. The fourth-order valence-corrected chi connectivity index (χ4v) is 2.50. The van der Waals surface area contributed by atoms with Crippen molar-refractivity contribution in [2.45, 2.75) is 31.9 Å². The van der Waals surface area contributed by atoms with E-state index in [9.17, 15) is 8.78 Å². The van der Waals surface area contributed by atoms with E-state index in [1.54, 1.807) is 12.1 Å². The lowest BCUT2D eigenvalue weighted by molar-refractivity contribution is -0.0498. The minimum absolute atomic E-state index is 0.0127. The molecule has 1 atom stereocenters. The van der Waals surface area contributed by atoms with E-state index in [1.807, 2.05) is 0 Å². The molecule has 1 saturated heterocycles. The standard InChI is InChI=1S/C14H20F2N2O2/c15-14(16)20-12-3-1-11(2-4-12)13(18-17)9-10-5-7-19-8-6-10/h1-4,10,13-14,18H,5-9,17H2. The summed E-state index contributed by atoms with van der Waals surface area (Å²) in [4.78, 5) is 0. The number of nitrogens with two attached hydrogens (primary N) is 1. The van der Waals surface area contributed by atoms with Crippen LogP contribution in [0.25, 0.3) is 0 Å². The van der Waals surface area contributed by atoms with Gasteiger partial charge in [0.15, 0.2) is 0 Å². The van der Waals surface area contributed by atoms with Crippen molar-refractivity contribution < 1.29 is 18.3 Å². The second-order valence-corrected chi connectivity index (χ2v) is 4.96. The van der Waals surface area contributed by atoms with Crippen molar-refractivity contribution in [3.05, 3.63) is 29.8 Å². The zero-order valence-corrected chi connectivity index (χ0v) is 11.2.